The minimum Gasteiger partial charge on any atom is -0.404 e. The van der Waals surface area contributed by atoms with Crippen LogP contribution in [0.4, 0.5) is 28.4 Å². The first-order chi connectivity index (χ1) is 50.8. The molecule has 2 aliphatic carbocycles. The number of fused-ring (bicyclic) bond motifs is 9. The number of benzene rings is 11. The number of rotatable bonds is 10. The molecule has 0 bridgehead atoms. The second-order valence-corrected chi connectivity index (χ2v) is 32.3. The number of hydrogen-bond donors (Lipinski definition) is 1. The summed E-state index contributed by atoms with van der Waals surface area (Å²) in [5.41, 5.74) is 35.5. The maximum Gasteiger partial charge on any atom is 0.252 e. The topological polar surface area (TPSA) is 50.3 Å². The van der Waals surface area contributed by atoms with Crippen LogP contribution >= 0.6 is 0 Å². The molecule has 4 heterocycles. The van der Waals surface area contributed by atoms with E-state index in [0.717, 1.165) is 143 Å². The van der Waals surface area contributed by atoms with Crippen LogP contribution < -0.4 is 75.6 Å². The van der Waals surface area contributed by atoms with E-state index in [9.17, 15) is 0 Å². The lowest BCUT2D eigenvalue weighted by molar-refractivity contribution is 0.332. The molecule has 13 aromatic rings. The summed E-state index contributed by atoms with van der Waals surface area (Å²) in [4.78, 5) is 10.1. The molecule has 0 saturated heterocycles. The first kappa shape index (κ1) is 68.9. The molecule has 0 saturated carbocycles. The summed E-state index contributed by atoms with van der Waals surface area (Å²) in [6.07, 6.45) is 10.1. The van der Waals surface area contributed by atoms with Crippen LogP contribution in [0.3, 0.4) is 0 Å². The normalized spacial score (nSPS) is 16.0. The van der Waals surface area contributed by atoms with Gasteiger partial charge in [-0.25, -0.2) is 0 Å². The van der Waals surface area contributed by atoms with Crippen molar-refractivity contribution >= 4 is 191 Å². The third-order valence-electron chi connectivity index (χ3n) is 24.3. The van der Waals surface area contributed by atoms with Gasteiger partial charge in [-0.15, -0.1) is 21.9 Å². The quantitative estimate of drug-likeness (QED) is 0.110. The summed E-state index contributed by atoms with van der Waals surface area (Å²) in [5.74, 6) is 0. The molecule has 0 fully saturated rings. The first-order valence-electron chi connectivity index (χ1n) is 36.8. The molecule has 0 spiro atoms. The smallest absolute Gasteiger partial charge is 0.252 e. The highest BCUT2D eigenvalue weighted by Gasteiger charge is 2.47. The Morgan fingerprint density at radius 2 is 0.802 bits per heavy atom. The van der Waals surface area contributed by atoms with E-state index in [1.54, 1.807) is 6.20 Å². The number of pyridine rings is 1. The van der Waals surface area contributed by atoms with Crippen LogP contribution in [0.2, 0.25) is 0 Å². The van der Waals surface area contributed by atoms with Crippen molar-refractivity contribution in [3.05, 3.63) is 264 Å². The summed E-state index contributed by atoms with van der Waals surface area (Å²) in [6, 6.07) is 75.3. The van der Waals surface area contributed by atoms with Gasteiger partial charge in [-0.05, 0) is 178 Å². The third kappa shape index (κ3) is 10.6. The summed E-state index contributed by atoms with van der Waals surface area (Å²) < 4.78 is 2.02. The Hall–Kier alpha value is -10.2. The zero-order valence-electron chi connectivity index (χ0n) is 61.8. The fourth-order valence-electron chi connectivity index (χ4n) is 18.0. The highest BCUT2D eigenvalue weighted by Crippen LogP contribution is 2.54. The Morgan fingerprint density at radius 3 is 1.27 bits per heavy atom. The molecule has 17 rings (SSSR count). The van der Waals surface area contributed by atoms with E-state index in [-0.39, 0.29) is 65.4 Å². The van der Waals surface area contributed by atoms with Gasteiger partial charge in [-0.1, -0.05) is 259 Å². The Kier molecular flexibility index (Phi) is 16.4. The average Bonchev–Trinajstić information content (AvgIpc) is 1.15. The molecule has 16 radical (unpaired) electrons. The summed E-state index contributed by atoms with van der Waals surface area (Å²) in [5, 5.41) is 0.854. The molecule has 0 amide bonds. The molecular weight excluding hydrogens is 1270 g/mol. The Morgan fingerprint density at radius 1 is 0.406 bits per heavy atom. The molecule has 11 aromatic carbocycles. The molecule has 106 heavy (non-hydrogen) atoms. The standard InChI is InChI=1S/C92H74B9N5/c1-51(52-22-14-10-15-23-52)85(61(48-102)53-24-16-11-17-25-53)105-70-44-58(56-30-34-64-66(42-56)91(6,7)40-38-89(64,2)3)32-36-68(70)101-69-37-33-59(57-31-35-65-67(43-57)92(8,9)41-39-90(65,4)5)45-71(69)106(86-62(54-26-18-12-19-27-54)49-103-50-63(86)55-28-20-13-21-29-55)73-47-60(46-72(105)84(73)101)104-87-74(76(93)78(95)80(97)82(87)99)75-77(94)79(96)81(98)83(100)88(75)104/h10-37,42-50H,38-41,102H2,1-9H3/b61-48-,85-51-. The molecule has 2 N–H and O–H groups in total. The molecule has 5 nitrogen and oxygen atoms in total. The number of nitrogens with two attached hydrogens (primary N) is 1. The number of allylic oxidation sites excluding steroid dienone is 2. The van der Waals surface area contributed by atoms with E-state index in [0.29, 0.717) is 27.5 Å². The summed E-state index contributed by atoms with van der Waals surface area (Å²) >= 11 is 0. The van der Waals surface area contributed by atoms with Crippen LogP contribution in [0.25, 0.3) is 83.1 Å². The van der Waals surface area contributed by atoms with Gasteiger partial charge in [0.05, 0.1) is 17.1 Å². The molecule has 494 valence electrons. The summed E-state index contributed by atoms with van der Waals surface area (Å²) in [7, 11) is 57.8. The number of hydrogen-bond acceptors (Lipinski definition) is 4. The van der Waals surface area contributed by atoms with E-state index >= 15 is 0 Å². The van der Waals surface area contributed by atoms with Crippen molar-refractivity contribution in [1.29, 1.82) is 0 Å². The average molecular weight is 1350 g/mol. The zero-order valence-corrected chi connectivity index (χ0v) is 61.8. The Balaban J connectivity index is 1.09. The summed E-state index contributed by atoms with van der Waals surface area (Å²) in [6.45, 7) is 20.9. The fraction of sp³-hybridized carbons (Fsp3) is 0.185. The number of aromatic nitrogens is 2. The van der Waals surface area contributed by atoms with Gasteiger partial charge in [0.25, 0.3) is 6.71 Å². The van der Waals surface area contributed by atoms with Gasteiger partial charge in [0.15, 0.2) is 0 Å². The van der Waals surface area contributed by atoms with E-state index in [1.165, 1.54) is 22.3 Å². The monoisotopic (exact) mass is 1350 g/mol. The minimum absolute atomic E-state index is 0.00152. The van der Waals surface area contributed by atoms with Crippen molar-refractivity contribution < 1.29 is 0 Å². The van der Waals surface area contributed by atoms with Crippen LogP contribution in [0, 0.1) is 0 Å². The van der Waals surface area contributed by atoms with Crippen molar-refractivity contribution in [2.24, 2.45) is 5.73 Å². The number of nitrogens with zero attached hydrogens (tertiary/aromatic N) is 4. The van der Waals surface area contributed by atoms with Crippen LogP contribution in [0.5, 0.6) is 0 Å². The van der Waals surface area contributed by atoms with Crippen molar-refractivity contribution in [2.45, 2.75) is 110 Å². The van der Waals surface area contributed by atoms with Crippen molar-refractivity contribution in [3.8, 4) is 50.2 Å². The Labute approximate surface area is 635 Å². The van der Waals surface area contributed by atoms with E-state index in [2.05, 4.69) is 272 Å². The molecular formula is C92H74B9N5. The van der Waals surface area contributed by atoms with Crippen molar-refractivity contribution in [2.75, 3.05) is 9.80 Å². The Bertz CT molecular complexity index is 5780. The van der Waals surface area contributed by atoms with Crippen molar-refractivity contribution in [1.82, 2.24) is 9.55 Å². The predicted octanol–water partition coefficient (Wildman–Crippen LogP) is 12.1. The highest BCUT2D eigenvalue weighted by atomic mass is 15.2. The number of anilines is 5. The SMILES string of the molecule is [B]c1c([B])c([B])c2c(c1[B])c1c([B])c([B])c([B])c([B])c1n2-c1cc2c3c(c1)N(c1c(-c4ccccc4)cncc1-c1ccccc1)c1cc(-c4ccc5c(c4)C(C)(C)CCC5(C)C)ccc1B3c1ccc(-c3ccc4c(c3)C(C)(C)CCC4(C)C)cc1N2C(/C(=C\N)c1ccccc1)=C(/C)c1ccccc1. The predicted molar refractivity (Wildman–Crippen MR) is 460 cm³/mol. The molecule has 14 heteroatoms. The van der Waals surface area contributed by atoms with Crippen LogP contribution in [-0.4, -0.2) is 79.0 Å². The lowest BCUT2D eigenvalue weighted by Gasteiger charge is -2.46. The van der Waals surface area contributed by atoms with Gasteiger partial charge >= 0.3 is 0 Å². The molecule has 2 aromatic heterocycles. The van der Waals surface area contributed by atoms with Gasteiger partial charge in [0.2, 0.25) is 0 Å². The molecule has 0 unspecified atom stereocenters. The molecule has 2 aliphatic heterocycles. The zero-order chi connectivity index (χ0) is 73.9. The van der Waals surface area contributed by atoms with E-state index < -0.39 is 6.71 Å². The lowest BCUT2D eigenvalue weighted by Crippen LogP contribution is -2.62. The second-order valence-electron chi connectivity index (χ2n) is 32.3. The van der Waals surface area contributed by atoms with Gasteiger partial charge < -0.3 is 20.1 Å². The van der Waals surface area contributed by atoms with Gasteiger partial charge in [0, 0.05) is 69.1 Å². The minimum atomic E-state index is -0.431. The van der Waals surface area contributed by atoms with Gasteiger partial charge in [-0.3, -0.25) is 4.98 Å². The second kappa shape index (κ2) is 25.3. The molecule has 4 aliphatic rings. The first-order valence-corrected chi connectivity index (χ1v) is 36.8. The molecule has 0 atom stereocenters. The van der Waals surface area contributed by atoms with E-state index in [1.807, 2.05) is 23.0 Å². The maximum absolute atomic E-state index is 7.53. The van der Waals surface area contributed by atoms with E-state index in [4.69, 9.17) is 73.5 Å². The largest absolute Gasteiger partial charge is 0.404 e. The van der Waals surface area contributed by atoms with Gasteiger partial charge in [-0.2, -0.15) is 0 Å². The van der Waals surface area contributed by atoms with Crippen LogP contribution in [0.15, 0.2) is 231 Å². The van der Waals surface area contributed by atoms with Gasteiger partial charge in [0.1, 0.15) is 62.8 Å². The fourth-order valence-corrected chi connectivity index (χ4v) is 18.0. The highest BCUT2D eigenvalue weighted by molar-refractivity contribution is 7.00. The lowest BCUT2D eigenvalue weighted by atomic mass is 9.33. The third-order valence-corrected chi connectivity index (χ3v) is 24.3. The maximum atomic E-state index is 7.53. The van der Waals surface area contributed by atoms with Crippen LogP contribution in [-0.2, 0) is 21.7 Å². The van der Waals surface area contributed by atoms with Crippen molar-refractivity contribution in [3.63, 3.8) is 0 Å². The van der Waals surface area contributed by atoms with Crippen LogP contribution in [0.1, 0.15) is 121 Å².